The smallest absolute Gasteiger partial charge is 0.0823 e. The summed E-state index contributed by atoms with van der Waals surface area (Å²) in [6, 6.07) is 2.04. The molecule has 0 saturated carbocycles. The second kappa shape index (κ2) is 3.74. The van der Waals surface area contributed by atoms with Crippen molar-refractivity contribution < 1.29 is 0 Å². The Hall–Kier alpha value is -0.810. The van der Waals surface area contributed by atoms with E-state index in [9.17, 15) is 0 Å². The molecule has 0 radical (unpaired) electrons. The summed E-state index contributed by atoms with van der Waals surface area (Å²) >= 11 is 5.20. The summed E-state index contributed by atoms with van der Waals surface area (Å²) in [6.45, 7) is 2.69. The molecule has 2 heterocycles. The molecule has 3 nitrogen and oxygen atoms in total. The predicted molar refractivity (Wildman–Crippen MR) is 62.5 cm³/mol. The van der Waals surface area contributed by atoms with Gasteiger partial charge in [0.1, 0.15) is 0 Å². The average Bonchev–Trinajstić information content (AvgIpc) is 2.63. The van der Waals surface area contributed by atoms with Gasteiger partial charge in [-0.1, -0.05) is 0 Å². The first-order chi connectivity index (χ1) is 6.66. The topological polar surface area (TPSA) is 43.8 Å². The zero-order valence-corrected chi connectivity index (χ0v) is 10.1. The van der Waals surface area contributed by atoms with Crippen molar-refractivity contribution in [2.45, 2.75) is 13.5 Å². The van der Waals surface area contributed by atoms with Gasteiger partial charge in [0.05, 0.1) is 17.9 Å². The van der Waals surface area contributed by atoms with Crippen molar-refractivity contribution in [1.29, 1.82) is 0 Å². The first kappa shape index (κ1) is 9.73. The maximum Gasteiger partial charge on any atom is 0.0823 e. The summed E-state index contributed by atoms with van der Waals surface area (Å²) in [5, 5.41) is 6.36. The van der Waals surface area contributed by atoms with E-state index in [1.165, 1.54) is 4.88 Å². The van der Waals surface area contributed by atoms with E-state index >= 15 is 0 Å². The third kappa shape index (κ3) is 1.83. The summed E-state index contributed by atoms with van der Waals surface area (Å²) < 4.78 is 3.00. The summed E-state index contributed by atoms with van der Waals surface area (Å²) in [4.78, 5) is 1.26. The number of thiophene rings is 1. The fourth-order valence-electron chi connectivity index (χ4n) is 1.20. The molecule has 0 atom stereocenters. The number of hydrogen-bond donors (Lipinski definition) is 1. The third-order valence-electron chi connectivity index (χ3n) is 1.98. The van der Waals surface area contributed by atoms with E-state index in [-0.39, 0.29) is 0 Å². The molecule has 2 aromatic rings. The van der Waals surface area contributed by atoms with Gasteiger partial charge in [-0.2, -0.15) is 5.10 Å². The lowest BCUT2D eigenvalue weighted by Gasteiger charge is -1.98. The standard InChI is InChI=1S/C9H10BrN3S/c1-6-8(11)4-13(12-6)5-9-7(10)2-3-14-9/h2-4H,5,11H2,1H3. The molecule has 0 saturated heterocycles. The number of nitrogens with two attached hydrogens (primary N) is 1. The minimum absolute atomic E-state index is 0.748. The zero-order valence-electron chi connectivity index (χ0n) is 7.70. The van der Waals surface area contributed by atoms with Crippen molar-refractivity contribution in [3.05, 3.63) is 32.7 Å². The highest BCUT2D eigenvalue weighted by atomic mass is 79.9. The number of aromatic nitrogens is 2. The monoisotopic (exact) mass is 271 g/mol. The largest absolute Gasteiger partial charge is 0.396 e. The number of anilines is 1. The van der Waals surface area contributed by atoms with Crippen molar-refractivity contribution in [2.24, 2.45) is 0 Å². The minimum Gasteiger partial charge on any atom is -0.396 e. The Morgan fingerprint density at radius 2 is 2.43 bits per heavy atom. The van der Waals surface area contributed by atoms with Crippen LogP contribution in [0.2, 0.25) is 0 Å². The SMILES string of the molecule is Cc1nn(Cc2sccc2Br)cc1N. The average molecular weight is 272 g/mol. The highest BCUT2D eigenvalue weighted by Gasteiger charge is 2.05. The molecule has 0 aliphatic rings. The molecule has 5 heteroatoms. The van der Waals surface area contributed by atoms with Gasteiger partial charge in [-0.15, -0.1) is 11.3 Å². The Morgan fingerprint density at radius 1 is 1.64 bits per heavy atom. The molecule has 0 aromatic carbocycles. The molecule has 0 bridgehead atoms. The normalized spacial score (nSPS) is 10.7. The molecule has 2 N–H and O–H groups in total. The van der Waals surface area contributed by atoms with Crippen LogP contribution in [-0.2, 0) is 6.54 Å². The summed E-state index contributed by atoms with van der Waals surface area (Å²) in [5.41, 5.74) is 7.35. The van der Waals surface area contributed by atoms with Crippen molar-refractivity contribution >= 4 is 33.0 Å². The minimum atomic E-state index is 0.748. The van der Waals surface area contributed by atoms with Gasteiger partial charge in [0.25, 0.3) is 0 Å². The molecule has 2 rings (SSSR count). The summed E-state index contributed by atoms with van der Waals surface area (Å²) in [7, 11) is 0. The van der Waals surface area contributed by atoms with Crippen LogP contribution in [0.5, 0.6) is 0 Å². The van der Waals surface area contributed by atoms with Crippen LogP contribution in [0.25, 0.3) is 0 Å². The Balaban J connectivity index is 2.23. The number of rotatable bonds is 2. The fraction of sp³-hybridized carbons (Fsp3) is 0.222. The number of halogens is 1. The third-order valence-corrected chi connectivity index (χ3v) is 3.89. The van der Waals surface area contributed by atoms with Crippen LogP contribution in [0.4, 0.5) is 5.69 Å². The second-order valence-electron chi connectivity index (χ2n) is 3.06. The van der Waals surface area contributed by atoms with E-state index in [4.69, 9.17) is 5.73 Å². The molecule has 14 heavy (non-hydrogen) atoms. The number of nitrogens with zero attached hydrogens (tertiary/aromatic N) is 2. The van der Waals surface area contributed by atoms with Crippen LogP contribution >= 0.6 is 27.3 Å². The number of hydrogen-bond acceptors (Lipinski definition) is 3. The highest BCUT2D eigenvalue weighted by Crippen LogP contribution is 2.23. The number of nitrogen functional groups attached to an aromatic ring is 1. The molecule has 0 aliphatic heterocycles. The molecule has 0 amide bonds. The molecule has 2 aromatic heterocycles. The van der Waals surface area contributed by atoms with E-state index in [0.29, 0.717) is 0 Å². The number of aryl methyl sites for hydroxylation is 1. The van der Waals surface area contributed by atoms with Gasteiger partial charge in [0.2, 0.25) is 0 Å². The first-order valence-corrected chi connectivity index (χ1v) is 5.85. The zero-order chi connectivity index (χ0) is 10.1. The maximum atomic E-state index is 5.72. The quantitative estimate of drug-likeness (QED) is 0.913. The maximum absolute atomic E-state index is 5.72. The van der Waals surface area contributed by atoms with Crippen molar-refractivity contribution in [2.75, 3.05) is 5.73 Å². The van der Waals surface area contributed by atoms with E-state index in [2.05, 4.69) is 26.4 Å². The van der Waals surface area contributed by atoms with Crippen LogP contribution in [0.3, 0.4) is 0 Å². The van der Waals surface area contributed by atoms with Gasteiger partial charge in [-0.05, 0) is 34.3 Å². The van der Waals surface area contributed by atoms with Crippen LogP contribution in [0.15, 0.2) is 22.1 Å². The van der Waals surface area contributed by atoms with Gasteiger partial charge >= 0.3 is 0 Å². The van der Waals surface area contributed by atoms with Crippen molar-refractivity contribution in [3.63, 3.8) is 0 Å². The highest BCUT2D eigenvalue weighted by molar-refractivity contribution is 9.10. The van der Waals surface area contributed by atoms with Gasteiger partial charge in [-0.3, -0.25) is 4.68 Å². The van der Waals surface area contributed by atoms with Gasteiger partial charge in [0.15, 0.2) is 0 Å². The van der Waals surface area contributed by atoms with Crippen molar-refractivity contribution in [1.82, 2.24) is 9.78 Å². The lowest BCUT2D eigenvalue weighted by Crippen LogP contribution is -1.98. The van der Waals surface area contributed by atoms with Crippen LogP contribution in [0, 0.1) is 6.92 Å². The van der Waals surface area contributed by atoms with Crippen LogP contribution < -0.4 is 5.73 Å². The lowest BCUT2D eigenvalue weighted by molar-refractivity contribution is 0.685. The van der Waals surface area contributed by atoms with Gasteiger partial charge < -0.3 is 5.73 Å². The molecule has 74 valence electrons. The molecule has 0 spiro atoms. The molecular formula is C9H10BrN3S. The van der Waals surface area contributed by atoms with E-state index in [1.54, 1.807) is 11.3 Å². The molecule has 0 fully saturated rings. The van der Waals surface area contributed by atoms with Crippen LogP contribution in [-0.4, -0.2) is 9.78 Å². The van der Waals surface area contributed by atoms with Crippen LogP contribution in [0.1, 0.15) is 10.6 Å². The first-order valence-electron chi connectivity index (χ1n) is 4.18. The Bertz CT molecular complexity index is 427. The molecule has 0 aliphatic carbocycles. The lowest BCUT2D eigenvalue weighted by atomic mass is 10.4. The van der Waals surface area contributed by atoms with E-state index in [0.717, 1.165) is 22.4 Å². The molecular weight excluding hydrogens is 262 g/mol. The predicted octanol–water partition coefficient (Wildman–Crippen LogP) is 2.65. The summed E-state index contributed by atoms with van der Waals surface area (Å²) in [6.07, 6.45) is 1.86. The fourth-order valence-corrected chi connectivity index (χ4v) is 2.67. The van der Waals surface area contributed by atoms with Crippen molar-refractivity contribution in [3.8, 4) is 0 Å². The Kier molecular flexibility index (Phi) is 2.60. The molecule has 0 unspecified atom stereocenters. The Morgan fingerprint density at radius 3 is 2.93 bits per heavy atom. The van der Waals surface area contributed by atoms with Gasteiger partial charge in [-0.25, -0.2) is 0 Å². The van der Waals surface area contributed by atoms with E-state index in [1.807, 2.05) is 23.9 Å². The van der Waals surface area contributed by atoms with Gasteiger partial charge in [0, 0.05) is 15.5 Å². The Labute approximate surface area is 94.7 Å². The van der Waals surface area contributed by atoms with E-state index < -0.39 is 0 Å². The summed E-state index contributed by atoms with van der Waals surface area (Å²) in [5.74, 6) is 0. The second-order valence-corrected chi connectivity index (χ2v) is 4.91.